The van der Waals surface area contributed by atoms with Crippen LogP contribution in [0.2, 0.25) is 10.0 Å². The molecule has 1 amide bonds. The van der Waals surface area contributed by atoms with E-state index in [-0.39, 0.29) is 0 Å². The molecule has 0 saturated heterocycles. The van der Waals surface area contributed by atoms with Crippen molar-refractivity contribution in [2.24, 2.45) is 0 Å². The van der Waals surface area contributed by atoms with Gasteiger partial charge in [-0.3, -0.25) is 4.79 Å². The van der Waals surface area contributed by atoms with Crippen LogP contribution in [-0.2, 0) is 20.5 Å². The minimum atomic E-state index is -4.95. The summed E-state index contributed by atoms with van der Waals surface area (Å²) in [4.78, 5) is 16.6. The topological polar surface area (TPSA) is 80.4 Å². The summed E-state index contributed by atoms with van der Waals surface area (Å²) in [6.07, 6.45) is -6.01. The molecule has 1 unspecified atom stereocenters. The number of amides is 1. The van der Waals surface area contributed by atoms with Crippen LogP contribution in [0.15, 0.2) is 17.0 Å². The number of nitrogens with zero attached hydrogens (tertiary/aromatic N) is 4. The van der Waals surface area contributed by atoms with E-state index in [0.29, 0.717) is 21.9 Å². The average Bonchev–Trinajstić information content (AvgIpc) is 3.00. The Bertz CT molecular complexity index is 1080. The van der Waals surface area contributed by atoms with Crippen LogP contribution < -0.4 is 5.06 Å². The van der Waals surface area contributed by atoms with E-state index in [1.165, 1.54) is 20.1 Å². The van der Waals surface area contributed by atoms with Crippen LogP contribution in [-0.4, -0.2) is 34.6 Å². The largest absolute Gasteiger partial charge is 0.446 e. The zero-order chi connectivity index (χ0) is 25.3. The molecule has 0 radical (unpaired) electrons. The number of carbonyl (C=O) groups is 1. The third-order valence-corrected chi connectivity index (χ3v) is 5.15. The number of aromatic nitrogens is 2. The molecule has 7 nitrogen and oxygen atoms in total. The lowest BCUT2D eigenvalue weighted by molar-refractivity contribution is -0.148. The van der Waals surface area contributed by atoms with Crippen LogP contribution in [0, 0.1) is 11.3 Å². The van der Waals surface area contributed by atoms with Gasteiger partial charge in [0.15, 0.2) is 17.8 Å². The first-order valence-corrected chi connectivity index (χ1v) is 10.0. The summed E-state index contributed by atoms with van der Waals surface area (Å²) in [5.41, 5.74) is -7.53. The van der Waals surface area contributed by atoms with Crippen molar-refractivity contribution in [1.29, 1.82) is 5.26 Å². The summed E-state index contributed by atoms with van der Waals surface area (Å²) in [6, 6.07) is 2.37. The van der Waals surface area contributed by atoms with Crippen LogP contribution in [0.3, 0.4) is 0 Å². The number of hydrogen-bond acceptors (Lipinski definition) is 6. The first-order valence-electron chi connectivity index (χ1n) is 8.46. The van der Waals surface area contributed by atoms with E-state index >= 15 is 0 Å². The second kappa shape index (κ2) is 9.98. The van der Waals surface area contributed by atoms with Gasteiger partial charge in [-0.2, -0.15) is 41.8 Å². The molecule has 0 fully saturated rings. The van der Waals surface area contributed by atoms with Gasteiger partial charge in [-0.1, -0.05) is 23.2 Å². The van der Waals surface area contributed by atoms with Crippen molar-refractivity contribution in [3.63, 3.8) is 0 Å². The first-order chi connectivity index (χ1) is 15.1. The number of benzene rings is 1. The second-order valence-electron chi connectivity index (χ2n) is 6.08. The van der Waals surface area contributed by atoms with Gasteiger partial charge in [0.1, 0.15) is 11.8 Å². The van der Waals surface area contributed by atoms with Gasteiger partial charge in [-0.25, -0.2) is 9.52 Å². The van der Waals surface area contributed by atoms with E-state index < -0.39 is 73.3 Å². The van der Waals surface area contributed by atoms with E-state index in [9.17, 15) is 36.4 Å². The molecular weight excluding hydrogens is 525 g/mol. The molecule has 0 saturated carbocycles. The number of thioether (sulfide) groups is 1. The Morgan fingerprint density at radius 1 is 1.24 bits per heavy atom. The zero-order valence-electron chi connectivity index (χ0n) is 16.7. The minimum Gasteiger partial charge on any atom is -0.354 e. The van der Waals surface area contributed by atoms with Crippen molar-refractivity contribution in [3.05, 3.63) is 33.4 Å². The fourth-order valence-electron chi connectivity index (χ4n) is 2.41. The lowest BCUT2D eigenvalue weighted by Gasteiger charge is -2.25. The van der Waals surface area contributed by atoms with Gasteiger partial charge < -0.3 is 4.74 Å². The molecule has 1 atom stereocenters. The van der Waals surface area contributed by atoms with Crippen molar-refractivity contribution < 1.29 is 40.7 Å². The highest BCUT2D eigenvalue weighted by Gasteiger charge is 2.39. The molecule has 16 heteroatoms. The maximum Gasteiger partial charge on any atom is 0.446 e. The molecule has 2 rings (SSSR count). The molecule has 0 bridgehead atoms. The number of ether oxygens (including phenoxy) is 1. The smallest absolute Gasteiger partial charge is 0.354 e. The van der Waals surface area contributed by atoms with E-state index in [0.717, 1.165) is 6.92 Å². The monoisotopic (exact) mass is 536 g/mol. The summed E-state index contributed by atoms with van der Waals surface area (Å²) < 4.78 is 84.4. The standard InChI is InChI=1S/C17H12Cl2F6N4O3S/c1-7(30)29(32-8(2)31-3)15-14(33-17(23,24)25)12(6-26)27-28(15)13-10(18)4-9(5-11(13)19)16(20,21)22/h4-5,8H,1-3H3. The number of carbonyl (C=O) groups excluding carboxylic acids is 1. The van der Waals surface area contributed by atoms with Crippen molar-refractivity contribution in [2.75, 3.05) is 12.2 Å². The number of alkyl halides is 6. The predicted octanol–water partition coefficient (Wildman–Crippen LogP) is 5.96. The average molecular weight is 537 g/mol. The highest BCUT2D eigenvalue weighted by molar-refractivity contribution is 8.00. The maximum absolute atomic E-state index is 13.3. The molecule has 0 N–H and O–H groups in total. The maximum atomic E-state index is 13.3. The molecule has 33 heavy (non-hydrogen) atoms. The fraction of sp³-hybridized carbons (Fsp3) is 0.353. The van der Waals surface area contributed by atoms with Crippen LogP contribution in [0.1, 0.15) is 25.1 Å². The number of nitriles is 1. The lowest BCUT2D eigenvalue weighted by atomic mass is 10.2. The van der Waals surface area contributed by atoms with Gasteiger partial charge in [0.25, 0.3) is 0 Å². The van der Waals surface area contributed by atoms with Crippen LogP contribution in [0.5, 0.6) is 0 Å². The van der Waals surface area contributed by atoms with Crippen molar-refractivity contribution in [2.45, 2.75) is 36.7 Å². The van der Waals surface area contributed by atoms with Gasteiger partial charge in [0.2, 0.25) is 5.91 Å². The van der Waals surface area contributed by atoms with Gasteiger partial charge in [0, 0.05) is 14.0 Å². The number of rotatable bonds is 6. The SMILES string of the molecule is COC(C)ON(C(C)=O)c1c(SC(F)(F)F)c(C#N)nn1-c1c(Cl)cc(C(F)(F)F)cc1Cl. The van der Waals surface area contributed by atoms with Gasteiger partial charge >= 0.3 is 11.7 Å². The van der Waals surface area contributed by atoms with E-state index in [1.54, 1.807) is 0 Å². The molecule has 0 aliphatic carbocycles. The third kappa shape index (κ3) is 6.24. The number of anilines is 1. The number of methoxy groups -OCH3 is 1. The summed E-state index contributed by atoms with van der Waals surface area (Å²) >= 11 is 11.2. The van der Waals surface area contributed by atoms with E-state index in [4.69, 9.17) is 32.8 Å². The van der Waals surface area contributed by atoms with Crippen molar-refractivity contribution >= 4 is 46.7 Å². The van der Waals surface area contributed by atoms with Gasteiger partial charge in [-0.05, 0) is 30.8 Å². The summed E-state index contributed by atoms with van der Waals surface area (Å²) in [7, 11) is 1.18. The van der Waals surface area contributed by atoms with Gasteiger partial charge in [-0.15, -0.1) is 0 Å². The number of halogens is 8. The number of hydrogen-bond donors (Lipinski definition) is 0. The molecule has 1 aromatic heterocycles. The Labute approximate surface area is 196 Å². The molecular formula is C17H12Cl2F6N4O3S. The molecule has 180 valence electrons. The Morgan fingerprint density at radius 2 is 1.79 bits per heavy atom. The molecule has 0 aliphatic rings. The fourth-order valence-corrected chi connectivity index (χ4v) is 3.73. The van der Waals surface area contributed by atoms with Crippen LogP contribution in [0.4, 0.5) is 32.2 Å². The Hall–Kier alpha value is -2.18. The summed E-state index contributed by atoms with van der Waals surface area (Å²) in [5, 5.41) is 12.1. The first kappa shape index (κ1) is 27.1. The van der Waals surface area contributed by atoms with Crippen LogP contribution >= 0.6 is 35.0 Å². The second-order valence-corrected chi connectivity index (χ2v) is 7.97. The van der Waals surface area contributed by atoms with Crippen molar-refractivity contribution in [3.8, 4) is 11.8 Å². The normalized spacial score (nSPS) is 13.0. The Kier molecular flexibility index (Phi) is 8.19. The minimum absolute atomic E-state index is 0.348. The van der Waals surface area contributed by atoms with E-state index in [1.807, 2.05) is 0 Å². The molecule has 0 aliphatic heterocycles. The van der Waals surface area contributed by atoms with Gasteiger partial charge in [0.05, 0.1) is 20.5 Å². The predicted molar refractivity (Wildman–Crippen MR) is 106 cm³/mol. The highest BCUT2D eigenvalue weighted by atomic mass is 35.5. The summed E-state index contributed by atoms with van der Waals surface area (Å²) in [5.74, 6) is -1.75. The molecule has 2 aromatic rings. The number of hydroxylamine groups is 1. The lowest BCUT2D eigenvalue weighted by Crippen LogP contribution is -2.35. The zero-order valence-corrected chi connectivity index (χ0v) is 19.0. The Balaban J connectivity index is 2.92. The third-order valence-electron chi connectivity index (χ3n) is 3.76. The highest BCUT2D eigenvalue weighted by Crippen LogP contribution is 2.46. The van der Waals surface area contributed by atoms with Crippen molar-refractivity contribution in [1.82, 2.24) is 9.78 Å². The molecule has 1 heterocycles. The van der Waals surface area contributed by atoms with E-state index in [2.05, 4.69) is 5.10 Å². The quantitative estimate of drug-likeness (QED) is 0.196. The summed E-state index contributed by atoms with van der Waals surface area (Å²) in [6.45, 7) is 2.22. The Morgan fingerprint density at radius 3 is 2.18 bits per heavy atom. The molecule has 0 spiro atoms. The molecule has 1 aromatic carbocycles. The van der Waals surface area contributed by atoms with Crippen LogP contribution in [0.25, 0.3) is 5.69 Å².